The minimum atomic E-state index is -4.48. The molecule has 0 radical (unpaired) electrons. The Bertz CT molecular complexity index is 1460. The Balaban J connectivity index is 1.55. The molecule has 6 nitrogen and oxygen atoms in total. The fraction of sp³-hybridized carbons (Fsp3) is 0.185. The van der Waals surface area contributed by atoms with Crippen molar-refractivity contribution >= 4 is 23.0 Å². The van der Waals surface area contributed by atoms with Crippen LogP contribution in [0.4, 0.5) is 13.2 Å². The van der Waals surface area contributed by atoms with Crippen LogP contribution in [0.15, 0.2) is 78.0 Å². The Kier molecular flexibility index (Phi) is 6.13. The summed E-state index contributed by atoms with van der Waals surface area (Å²) in [6.07, 6.45) is -1.10. The third-order valence-electron chi connectivity index (χ3n) is 6.20. The number of hydrogen-bond donors (Lipinski definition) is 2. The largest absolute Gasteiger partial charge is 0.497 e. The molecule has 0 saturated heterocycles. The molecule has 1 aliphatic heterocycles. The van der Waals surface area contributed by atoms with Gasteiger partial charge in [-0.15, -0.1) is 0 Å². The molecule has 184 valence electrons. The third-order valence-corrected chi connectivity index (χ3v) is 6.20. The SMILES string of the molecule is COc1cccc(CNC(=O)c2cn(-c3cccc(C(F)(F)F)c3)c3cc(C4C=NNC4)ccc23)c1. The highest BCUT2D eigenvalue weighted by Crippen LogP contribution is 2.33. The molecular formula is C27H23F3N4O2. The van der Waals surface area contributed by atoms with Crippen molar-refractivity contribution in [3.05, 3.63) is 95.2 Å². The first-order valence-corrected chi connectivity index (χ1v) is 11.3. The maximum atomic E-state index is 13.4. The lowest BCUT2D eigenvalue weighted by molar-refractivity contribution is -0.137. The highest BCUT2D eigenvalue weighted by Gasteiger charge is 2.31. The predicted octanol–water partition coefficient (Wildman–Crippen LogP) is 5.26. The summed E-state index contributed by atoms with van der Waals surface area (Å²) in [7, 11) is 1.57. The topological polar surface area (TPSA) is 67.6 Å². The summed E-state index contributed by atoms with van der Waals surface area (Å²) in [6.45, 7) is 0.901. The summed E-state index contributed by atoms with van der Waals surface area (Å²) in [4.78, 5) is 13.2. The van der Waals surface area contributed by atoms with Crippen LogP contribution in [0.1, 0.15) is 33.0 Å². The van der Waals surface area contributed by atoms with Crippen molar-refractivity contribution in [3.63, 3.8) is 0 Å². The van der Waals surface area contributed by atoms with Gasteiger partial charge in [0.2, 0.25) is 0 Å². The molecule has 9 heteroatoms. The maximum absolute atomic E-state index is 13.4. The summed E-state index contributed by atoms with van der Waals surface area (Å²) in [5, 5.41) is 7.61. The van der Waals surface area contributed by atoms with E-state index in [2.05, 4.69) is 15.8 Å². The molecule has 2 N–H and O–H groups in total. The van der Waals surface area contributed by atoms with Crippen LogP contribution >= 0.6 is 0 Å². The fourth-order valence-electron chi connectivity index (χ4n) is 4.31. The predicted molar refractivity (Wildman–Crippen MR) is 132 cm³/mol. The third kappa shape index (κ3) is 4.64. The lowest BCUT2D eigenvalue weighted by Gasteiger charge is -2.12. The molecule has 1 amide bonds. The van der Waals surface area contributed by atoms with Crippen LogP contribution < -0.4 is 15.5 Å². The number of ether oxygens (including phenoxy) is 1. The molecule has 1 aliphatic rings. The van der Waals surface area contributed by atoms with Gasteiger partial charge in [0, 0.05) is 42.5 Å². The van der Waals surface area contributed by atoms with Gasteiger partial charge in [-0.1, -0.05) is 30.3 Å². The molecule has 3 aromatic carbocycles. The zero-order chi connectivity index (χ0) is 25.3. The summed E-state index contributed by atoms with van der Waals surface area (Å²) in [5.41, 5.74) is 5.30. The number of aromatic nitrogens is 1. The van der Waals surface area contributed by atoms with E-state index >= 15 is 0 Å². The van der Waals surface area contributed by atoms with Crippen molar-refractivity contribution in [1.29, 1.82) is 0 Å². The lowest BCUT2D eigenvalue weighted by atomic mass is 9.99. The van der Waals surface area contributed by atoms with Crippen molar-refractivity contribution in [2.24, 2.45) is 5.10 Å². The van der Waals surface area contributed by atoms with Crippen LogP contribution in [-0.4, -0.2) is 30.3 Å². The number of benzene rings is 3. The van der Waals surface area contributed by atoms with E-state index in [1.54, 1.807) is 30.2 Å². The first kappa shape index (κ1) is 23.5. The van der Waals surface area contributed by atoms with Crippen molar-refractivity contribution in [1.82, 2.24) is 15.3 Å². The number of nitrogens with zero attached hydrogens (tertiary/aromatic N) is 2. The Hall–Kier alpha value is -4.27. The van der Waals surface area contributed by atoms with Crippen molar-refractivity contribution in [3.8, 4) is 11.4 Å². The second-order valence-corrected chi connectivity index (χ2v) is 8.52. The van der Waals surface area contributed by atoms with Crippen LogP contribution in [0.3, 0.4) is 0 Å². The summed E-state index contributed by atoms with van der Waals surface area (Å²) >= 11 is 0. The number of hydrogen-bond acceptors (Lipinski definition) is 4. The number of carbonyl (C=O) groups excluding carboxylic acids is 1. The molecular weight excluding hydrogens is 469 g/mol. The molecule has 1 aromatic heterocycles. The van der Waals surface area contributed by atoms with Crippen molar-refractivity contribution < 1.29 is 22.7 Å². The minimum Gasteiger partial charge on any atom is -0.497 e. The van der Waals surface area contributed by atoms with Gasteiger partial charge in [0.15, 0.2) is 0 Å². The molecule has 0 saturated carbocycles. The van der Waals surface area contributed by atoms with E-state index in [1.807, 2.05) is 42.5 Å². The summed E-state index contributed by atoms with van der Waals surface area (Å²) in [5.74, 6) is 0.385. The minimum absolute atomic E-state index is 0.0320. The van der Waals surface area contributed by atoms with E-state index in [-0.39, 0.29) is 18.4 Å². The van der Waals surface area contributed by atoms with Crippen LogP contribution in [-0.2, 0) is 12.7 Å². The van der Waals surface area contributed by atoms with E-state index in [0.717, 1.165) is 23.3 Å². The average Bonchev–Trinajstić information content (AvgIpc) is 3.55. The quantitative estimate of drug-likeness (QED) is 0.386. The molecule has 0 spiro atoms. The Morgan fingerprint density at radius 2 is 1.97 bits per heavy atom. The van der Waals surface area contributed by atoms with Crippen molar-refractivity contribution in [2.75, 3.05) is 13.7 Å². The molecule has 4 aromatic rings. The normalized spacial score (nSPS) is 15.2. The molecule has 36 heavy (non-hydrogen) atoms. The number of amides is 1. The number of carbonyl (C=O) groups is 1. The van der Waals surface area contributed by atoms with E-state index < -0.39 is 11.7 Å². The number of halogens is 3. The molecule has 0 fully saturated rings. The highest BCUT2D eigenvalue weighted by molar-refractivity contribution is 6.07. The fourth-order valence-corrected chi connectivity index (χ4v) is 4.31. The van der Waals surface area contributed by atoms with Crippen LogP contribution in [0, 0.1) is 0 Å². The standard InChI is InChI=1S/C27H23F3N4O2/c1-36-22-7-2-4-17(10-22)13-31-26(35)24-16-34(21-6-3-5-20(12-21)27(28,29)30)25-11-18(8-9-23(24)25)19-14-32-33-15-19/h2-12,14,16,19,33H,13,15H2,1H3,(H,31,35). The van der Waals surface area contributed by atoms with Gasteiger partial charge in [-0.3, -0.25) is 4.79 Å². The van der Waals surface area contributed by atoms with Gasteiger partial charge < -0.3 is 20.0 Å². The van der Waals surface area contributed by atoms with Gasteiger partial charge in [0.25, 0.3) is 5.91 Å². The summed E-state index contributed by atoms with van der Waals surface area (Å²) in [6, 6.07) is 18.1. The molecule has 1 atom stereocenters. The number of alkyl halides is 3. The smallest absolute Gasteiger partial charge is 0.416 e. The number of fused-ring (bicyclic) bond motifs is 1. The van der Waals surface area contributed by atoms with Gasteiger partial charge >= 0.3 is 6.18 Å². The Morgan fingerprint density at radius 1 is 1.14 bits per heavy atom. The monoisotopic (exact) mass is 492 g/mol. The number of nitrogens with one attached hydrogen (secondary N) is 2. The Labute approximate surface area is 205 Å². The highest BCUT2D eigenvalue weighted by atomic mass is 19.4. The molecule has 0 aliphatic carbocycles. The van der Waals surface area contributed by atoms with Gasteiger partial charge in [0.05, 0.1) is 23.8 Å². The first-order valence-electron chi connectivity index (χ1n) is 11.3. The van der Waals surface area contributed by atoms with Crippen LogP contribution in [0.2, 0.25) is 0 Å². The van der Waals surface area contributed by atoms with E-state index in [1.165, 1.54) is 6.07 Å². The zero-order valence-corrected chi connectivity index (χ0v) is 19.3. The Morgan fingerprint density at radius 3 is 2.72 bits per heavy atom. The van der Waals surface area contributed by atoms with Crippen molar-refractivity contribution in [2.45, 2.75) is 18.6 Å². The molecule has 2 heterocycles. The maximum Gasteiger partial charge on any atom is 0.416 e. The average molecular weight is 493 g/mol. The van der Waals surface area contributed by atoms with Crippen LogP contribution in [0.5, 0.6) is 5.75 Å². The number of rotatable bonds is 6. The second kappa shape index (κ2) is 9.41. The van der Waals surface area contributed by atoms with Gasteiger partial charge in [0.1, 0.15) is 5.75 Å². The first-order chi connectivity index (χ1) is 17.3. The summed E-state index contributed by atoms with van der Waals surface area (Å²) < 4.78 is 47.1. The van der Waals surface area contributed by atoms with Gasteiger partial charge in [-0.25, -0.2) is 0 Å². The van der Waals surface area contributed by atoms with E-state index in [9.17, 15) is 18.0 Å². The number of hydrazone groups is 1. The molecule has 1 unspecified atom stereocenters. The van der Waals surface area contributed by atoms with Gasteiger partial charge in [-0.2, -0.15) is 18.3 Å². The second-order valence-electron chi connectivity index (χ2n) is 8.52. The van der Waals surface area contributed by atoms with E-state index in [0.29, 0.717) is 34.4 Å². The zero-order valence-electron chi connectivity index (χ0n) is 19.3. The number of methoxy groups -OCH3 is 1. The lowest BCUT2D eigenvalue weighted by Crippen LogP contribution is -2.22. The van der Waals surface area contributed by atoms with Crippen LogP contribution in [0.25, 0.3) is 16.6 Å². The van der Waals surface area contributed by atoms with Gasteiger partial charge in [-0.05, 0) is 47.5 Å². The molecule has 5 rings (SSSR count). The van der Waals surface area contributed by atoms with E-state index in [4.69, 9.17) is 4.74 Å². The molecule has 0 bridgehead atoms.